The van der Waals surface area contributed by atoms with Crippen LogP contribution in [0.15, 0.2) is 11.2 Å². The molecule has 0 amide bonds. The van der Waals surface area contributed by atoms with Crippen molar-refractivity contribution in [1.29, 1.82) is 0 Å². The first kappa shape index (κ1) is 13.5. The van der Waals surface area contributed by atoms with Gasteiger partial charge in [-0.1, -0.05) is 0 Å². The molecule has 0 atom stereocenters. The van der Waals surface area contributed by atoms with Crippen LogP contribution in [0.2, 0.25) is 0 Å². The molecule has 0 bridgehead atoms. The third-order valence-electron chi connectivity index (χ3n) is 3.21. The summed E-state index contributed by atoms with van der Waals surface area (Å²) < 4.78 is 33.7. The fourth-order valence-corrected chi connectivity index (χ4v) is 3.84. The molecule has 1 fully saturated rings. The van der Waals surface area contributed by atoms with Crippen molar-refractivity contribution in [2.24, 2.45) is 7.05 Å². The van der Waals surface area contributed by atoms with Gasteiger partial charge in [-0.15, -0.1) is 0 Å². The molecule has 1 aliphatic rings. The lowest BCUT2D eigenvalue weighted by Gasteiger charge is -2.40. The number of rotatable bonds is 2. The first-order valence-corrected chi connectivity index (χ1v) is 7.30. The van der Waals surface area contributed by atoms with E-state index in [1.54, 1.807) is 24.7 Å². The number of ether oxygens (including phenoxy) is 1. The molecule has 0 radical (unpaired) electrons. The highest BCUT2D eigenvalue weighted by Gasteiger charge is 2.40. The number of hydrogen-bond donors (Lipinski definition) is 0. The van der Waals surface area contributed by atoms with E-state index in [4.69, 9.17) is 4.74 Å². The quantitative estimate of drug-likeness (QED) is 0.788. The predicted molar refractivity (Wildman–Crippen MR) is 66.7 cm³/mol. The number of sulfonamides is 1. The second-order valence-corrected chi connectivity index (χ2v) is 6.99. The van der Waals surface area contributed by atoms with E-state index < -0.39 is 15.6 Å². The molecule has 0 spiro atoms. The van der Waals surface area contributed by atoms with Crippen LogP contribution in [0.25, 0.3) is 0 Å². The first-order chi connectivity index (χ1) is 8.25. The molecule has 6 nitrogen and oxygen atoms in total. The Hall–Kier alpha value is -0.920. The highest BCUT2D eigenvalue weighted by Crippen LogP contribution is 2.26. The van der Waals surface area contributed by atoms with Crippen molar-refractivity contribution in [1.82, 2.24) is 13.9 Å². The van der Waals surface area contributed by atoms with Gasteiger partial charge in [-0.2, -0.15) is 4.31 Å². The minimum absolute atomic E-state index is 0.109. The Morgan fingerprint density at radius 3 is 2.61 bits per heavy atom. The topological polar surface area (TPSA) is 64.4 Å². The third-order valence-corrected chi connectivity index (χ3v) is 5.19. The van der Waals surface area contributed by atoms with E-state index in [9.17, 15) is 8.42 Å². The molecule has 0 aromatic carbocycles. The summed E-state index contributed by atoms with van der Waals surface area (Å²) in [5, 5.41) is 0.109. The van der Waals surface area contributed by atoms with Crippen LogP contribution in [0.5, 0.6) is 0 Å². The largest absolute Gasteiger partial charge is 0.378 e. The second kappa shape index (κ2) is 4.32. The van der Waals surface area contributed by atoms with E-state index in [0.717, 1.165) is 0 Å². The van der Waals surface area contributed by atoms with Crippen molar-refractivity contribution in [3.63, 3.8) is 0 Å². The van der Waals surface area contributed by atoms with Crippen LogP contribution >= 0.6 is 0 Å². The van der Waals surface area contributed by atoms with E-state index >= 15 is 0 Å². The summed E-state index contributed by atoms with van der Waals surface area (Å²) in [6.07, 6.45) is 1.55. The van der Waals surface area contributed by atoms with Gasteiger partial charge < -0.3 is 9.30 Å². The maximum atomic E-state index is 12.6. The van der Waals surface area contributed by atoms with Crippen LogP contribution < -0.4 is 0 Å². The number of aromatic nitrogens is 2. The predicted octanol–water partition coefficient (Wildman–Crippen LogP) is 0.528. The number of aryl methyl sites for hydroxylation is 2. The van der Waals surface area contributed by atoms with Gasteiger partial charge in [-0.3, -0.25) is 0 Å². The monoisotopic (exact) mass is 273 g/mol. The molecule has 0 aliphatic carbocycles. The Morgan fingerprint density at radius 2 is 2.11 bits per heavy atom. The zero-order valence-electron chi connectivity index (χ0n) is 11.2. The Morgan fingerprint density at radius 1 is 1.44 bits per heavy atom. The lowest BCUT2D eigenvalue weighted by Crippen LogP contribution is -2.55. The summed E-state index contributed by atoms with van der Waals surface area (Å²) in [6.45, 7) is 6.69. The number of nitrogens with zero attached hydrogens (tertiary/aromatic N) is 3. The summed E-state index contributed by atoms with van der Waals surface area (Å²) in [7, 11) is -1.77. The average Bonchev–Trinajstić information content (AvgIpc) is 2.59. The molecule has 1 aromatic rings. The second-order valence-electron chi connectivity index (χ2n) is 5.18. The van der Waals surface area contributed by atoms with Gasteiger partial charge in [0.15, 0.2) is 5.03 Å². The minimum atomic E-state index is -3.55. The molecule has 1 aromatic heterocycles. The molecule has 0 saturated carbocycles. The highest BCUT2D eigenvalue weighted by molar-refractivity contribution is 7.89. The van der Waals surface area contributed by atoms with E-state index in [0.29, 0.717) is 25.6 Å². The van der Waals surface area contributed by atoms with Gasteiger partial charge >= 0.3 is 0 Å². The summed E-state index contributed by atoms with van der Waals surface area (Å²) in [6, 6.07) is 0. The molecule has 1 saturated heterocycles. The van der Waals surface area contributed by atoms with Crippen LogP contribution in [0, 0.1) is 6.92 Å². The molecule has 0 N–H and O–H groups in total. The maximum Gasteiger partial charge on any atom is 0.262 e. The maximum absolute atomic E-state index is 12.6. The third kappa shape index (κ3) is 2.17. The normalized spacial score (nSPS) is 21.1. The molecule has 102 valence electrons. The summed E-state index contributed by atoms with van der Waals surface area (Å²) in [5.74, 6) is 0.680. The molecule has 18 heavy (non-hydrogen) atoms. The zero-order chi connectivity index (χ0) is 13.6. The van der Waals surface area contributed by atoms with E-state index in [1.165, 1.54) is 4.31 Å². The molecular formula is C11H19N3O3S. The summed E-state index contributed by atoms with van der Waals surface area (Å²) in [5.41, 5.74) is -0.539. The fraction of sp³-hybridized carbons (Fsp3) is 0.727. The van der Waals surface area contributed by atoms with E-state index in [1.807, 2.05) is 13.8 Å². The summed E-state index contributed by atoms with van der Waals surface area (Å²) in [4.78, 5) is 4.12. The Bertz CT molecular complexity index is 528. The lowest BCUT2D eigenvalue weighted by atomic mass is 10.1. The number of hydrogen-bond acceptors (Lipinski definition) is 4. The van der Waals surface area contributed by atoms with E-state index in [-0.39, 0.29) is 5.03 Å². The number of imidazole rings is 1. The van der Waals surface area contributed by atoms with Gasteiger partial charge in [0.1, 0.15) is 5.82 Å². The van der Waals surface area contributed by atoms with Gasteiger partial charge in [0, 0.05) is 19.8 Å². The van der Waals surface area contributed by atoms with Crippen LogP contribution in [-0.4, -0.2) is 47.6 Å². The highest BCUT2D eigenvalue weighted by atomic mass is 32.2. The molecule has 7 heteroatoms. The van der Waals surface area contributed by atoms with Gasteiger partial charge in [-0.25, -0.2) is 13.4 Å². The van der Waals surface area contributed by atoms with Crippen LogP contribution in [-0.2, 0) is 21.8 Å². The van der Waals surface area contributed by atoms with Gasteiger partial charge in [0.25, 0.3) is 10.0 Å². The zero-order valence-corrected chi connectivity index (χ0v) is 12.0. The van der Waals surface area contributed by atoms with Crippen LogP contribution in [0.1, 0.15) is 19.7 Å². The van der Waals surface area contributed by atoms with Crippen molar-refractivity contribution >= 4 is 10.0 Å². The smallest absolute Gasteiger partial charge is 0.262 e. The standard InChI is InChI=1S/C11H19N3O3S/c1-9-12-10(7-13(9)4)18(15,16)14-5-6-17-8-11(14,2)3/h7H,5-6,8H2,1-4H3. The Balaban J connectivity index is 2.42. The van der Waals surface area contributed by atoms with Gasteiger partial charge in [0.2, 0.25) is 0 Å². The first-order valence-electron chi connectivity index (χ1n) is 5.86. The van der Waals surface area contributed by atoms with E-state index in [2.05, 4.69) is 4.98 Å². The van der Waals surface area contributed by atoms with Crippen LogP contribution in [0.3, 0.4) is 0 Å². The minimum Gasteiger partial charge on any atom is -0.378 e. The SMILES string of the molecule is Cc1nc(S(=O)(=O)N2CCOCC2(C)C)cn1C. The van der Waals surface area contributed by atoms with Gasteiger partial charge in [-0.05, 0) is 20.8 Å². The van der Waals surface area contributed by atoms with Crippen molar-refractivity contribution in [2.45, 2.75) is 31.3 Å². The molecular weight excluding hydrogens is 254 g/mol. The van der Waals surface area contributed by atoms with Crippen LogP contribution in [0.4, 0.5) is 0 Å². The average molecular weight is 273 g/mol. The Labute approximate surface area is 108 Å². The fourth-order valence-electron chi connectivity index (χ4n) is 2.05. The van der Waals surface area contributed by atoms with Crippen molar-refractivity contribution in [2.75, 3.05) is 19.8 Å². The van der Waals surface area contributed by atoms with Crippen molar-refractivity contribution in [3.05, 3.63) is 12.0 Å². The molecule has 0 unspecified atom stereocenters. The van der Waals surface area contributed by atoms with Crippen molar-refractivity contribution in [3.8, 4) is 0 Å². The summed E-state index contributed by atoms with van der Waals surface area (Å²) >= 11 is 0. The molecule has 1 aliphatic heterocycles. The van der Waals surface area contributed by atoms with Crippen molar-refractivity contribution < 1.29 is 13.2 Å². The van der Waals surface area contributed by atoms with Gasteiger partial charge in [0.05, 0.1) is 18.8 Å². The Kier molecular flexibility index (Phi) is 3.25. The molecule has 2 heterocycles. The molecule has 2 rings (SSSR count). The number of morpholine rings is 1. The lowest BCUT2D eigenvalue weighted by molar-refractivity contribution is -0.00781.